The number of carbonyl (C=O) groups is 2. The maximum Gasteiger partial charge on any atom is 0.472 e. The Balaban J connectivity index is 4.26. The Morgan fingerprint density at radius 3 is 1.61 bits per heavy atom. The molecule has 0 aliphatic carbocycles. The van der Waals surface area contributed by atoms with Crippen molar-refractivity contribution in [2.45, 2.75) is 174 Å². The number of phosphoric ester groups is 1. The molecule has 0 saturated carbocycles. The van der Waals surface area contributed by atoms with E-state index >= 15 is 0 Å². The number of ether oxygens (including phenoxy) is 2. The lowest BCUT2D eigenvalue weighted by atomic mass is 10.1. The van der Waals surface area contributed by atoms with E-state index in [0.717, 1.165) is 57.8 Å². The molecule has 2 atom stereocenters. The molecule has 0 fully saturated rings. The monoisotopic (exact) mass is 713 g/mol. The van der Waals surface area contributed by atoms with E-state index in [1.54, 1.807) is 0 Å². The Morgan fingerprint density at radius 1 is 0.612 bits per heavy atom. The molecule has 0 bridgehead atoms. The highest BCUT2D eigenvalue weighted by Crippen LogP contribution is 2.43. The molecule has 0 saturated heterocycles. The number of phosphoric acid groups is 1. The smallest absolute Gasteiger partial charge is 0.462 e. The largest absolute Gasteiger partial charge is 0.472 e. The third-order valence-corrected chi connectivity index (χ3v) is 9.01. The van der Waals surface area contributed by atoms with Crippen LogP contribution in [0.3, 0.4) is 0 Å². The van der Waals surface area contributed by atoms with Gasteiger partial charge in [0.2, 0.25) is 0 Å². The first kappa shape index (κ1) is 47.2. The van der Waals surface area contributed by atoms with Gasteiger partial charge in [0.25, 0.3) is 0 Å². The molecule has 0 aliphatic heterocycles. The van der Waals surface area contributed by atoms with Crippen LogP contribution in [0.4, 0.5) is 0 Å². The summed E-state index contributed by atoms with van der Waals surface area (Å²) in [6, 6.07) is 0. The Bertz CT molecular complexity index is 907. The number of rotatable bonds is 36. The van der Waals surface area contributed by atoms with Crippen molar-refractivity contribution in [1.29, 1.82) is 0 Å². The van der Waals surface area contributed by atoms with Crippen LogP contribution in [0.15, 0.2) is 36.5 Å². The minimum Gasteiger partial charge on any atom is -0.462 e. The molecule has 0 spiro atoms. The molecule has 0 rings (SSSR count). The zero-order valence-electron chi connectivity index (χ0n) is 31.2. The van der Waals surface area contributed by atoms with E-state index in [4.69, 9.17) is 24.3 Å². The van der Waals surface area contributed by atoms with Crippen LogP contribution in [0.25, 0.3) is 0 Å². The second kappa shape index (κ2) is 36.0. The van der Waals surface area contributed by atoms with Gasteiger partial charge in [-0.25, -0.2) is 4.57 Å². The highest BCUT2D eigenvalue weighted by atomic mass is 31.2. The summed E-state index contributed by atoms with van der Waals surface area (Å²) in [5.74, 6) is -0.855. The lowest BCUT2D eigenvalue weighted by Gasteiger charge is -2.19. The van der Waals surface area contributed by atoms with Crippen molar-refractivity contribution in [2.24, 2.45) is 5.73 Å². The average Bonchev–Trinajstić information content (AvgIpc) is 3.08. The van der Waals surface area contributed by atoms with Crippen molar-refractivity contribution in [3.8, 4) is 0 Å². The standard InChI is InChI=1S/C39H72NO8P/c1-3-5-7-9-11-13-15-16-17-18-19-20-22-24-26-28-30-32-39(42)48-37(36-47-49(43,44)46-34-33-40)35-45-38(41)31-29-27-25-23-21-14-12-10-8-6-4-2/h11,13,16-17,19-20,37H,3-10,12,14-15,18,21-36,40H2,1-2H3,(H,43,44)/t37-/m1/s1. The van der Waals surface area contributed by atoms with Crippen LogP contribution >= 0.6 is 7.82 Å². The Morgan fingerprint density at radius 2 is 1.06 bits per heavy atom. The molecule has 3 N–H and O–H groups in total. The van der Waals surface area contributed by atoms with Gasteiger partial charge in [-0.1, -0.05) is 140 Å². The molecule has 0 heterocycles. The van der Waals surface area contributed by atoms with Gasteiger partial charge in [0.1, 0.15) is 6.61 Å². The minimum absolute atomic E-state index is 0.0496. The molecule has 0 amide bonds. The Labute approximate surface area is 299 Å². The van der Waals surface area contributed by atoms with Gasteiger partial charge in [0.05, 0.1) is 13.2 Å². The molecule has 0 aromatic rings. The predicted molar refractivity (Wildman–Crippen MR) is 201 cm³/mol. The molecule has 1 unspecified atom stereocenters. The van der Waals surface area contributed by atoms with Crippen molar-refractivity contribution in [3.05, 3.63) is 36.5 Å². The van der Waals surface area contributed by atoms with E-state index in [0.29, 0.717) is 6.42 Å². The van der Waals surface area contributed by atoms with E-state index in [1.807, 2.05) is 0 Å². The fourth-order valence-electron chi connectivity index (χ4n) is 5.11. The second-order valence-corrected chi connectivity index (χ2v) is 14.3. The van der Waals surface area contributed by atoms with Gasteiger partial charge in [-0.15, -0.1) is 0 Å². The maximum atomic E-state index is 12.5. The van der Waals surface area contributed by atoms with Crippen molar-refractivity contribution < 1.29 is 37.6 Å². The molecule has 9 nitrogen and oxygen atoms in total. The first-order chi connectivity index (χ1) is 23.8. The number of carbonyl (C=O) groups excluding carboxylic acids is 2. The van der Waals surface area contributed by atoms with Crippen molar-refractivity contribution in [3.63, 3.8) is 0 Å². The molecule has 0 aliphatic rings. The van der Waals surface area contributed by atoms with Gasteiger partial charge in [-0.2, -0.15) is 0 Å². The summed E-state index contributed by atoms with van der Waals surface area (Å²) >= 11 is 0. The van der Waals surface area contributed by atoms with E-state index in [2.05, 4.69) is 50.3 Å². The second-order valence-electron chi connectivity index (χ2n) is 12.8. The van der Waals surface area contributed by atoms with Crippen molar-refractivity contribution in [1.82, 2.24) is 0 Å². The molecule has 0 aromatic heterocycles. The average molecular weight is 714 g/mol. The van der Waals surface area contributed by atoms with E-state index in [9.17, 15) is 19.0 Å². The Kier molecular flexibility index (Phi) is 34.7. The first-order valence-corrected chi connectivity index (χ1v) is 21.0. The van der Waals surface area contributed by atoms with Crippen molar-refractivity contribution in [2.75, 3.05) is 26.4 Å². The van der Waals surface area contributed by atoms with Crippen LogP contribution in [0.1, 0.15) is 168 Å². The highest BCUT2D eigenvalue weighted by Gasteiger charge is 2.25. The molecule has 49 heavy (non-hydrogen) atoms. The molecule has 0 aromatic carbocycles. The van der Waals surface area contributed by atoms with Gasteiger partial charge in [-0.3, -0.25) is 18.6 Å². The SMILES string of the molecule is CCCCCC=CCC=CCC=CCCCCCCC(=O)O[C@H](COC(=O)CCCCCCCCCCCCC)COP(=O)(O)OCCN. The summed E-state index contributed by atoms with van der Waals surface area (Å²) in [5.41, 5.74) is 5.33. The summed E-state index contributed by atoms with van der Waals surface area (Å²) in [6.07, 6.45) is 37.4. The summed E-state index contributed by atoms with van der Waals surface area (Å²) in [4.78, 5) is 34.7. The highest BCUT2D eigenvalue weighted by molar-refractivity contribution is 7.47. The topological polar surface area (TPSA) is 134 Å². The van der Waals surface area contributed by atoms with Crippen LogP contribution < -0.4 is 5.73 Å². The van der Waals surface area contributed by atoms with E-state index in [1.165, 1.54) is 77.0 Å². The van der Waals surface area contributed by atoms with Crippen LogP contribution in [0, 0.1) is 0 Å². The van der Waals surface area contributed by atoms with Gasteiger partial charge < -0.3 is 20.1 Å². The first-order valence-electron chi connectivity index (χ1n) is 19.5. The fourth-order valence-corrected chi connectivity index (χ4v) is 5.88. The fraction of sp³-hybridized carbons (Fsp3) is 0.795. The lowest BCUT2D eigenvalue weighted by molar-refractivity contribution is -0.161. The van der Waals surface area contributed by atoms with E-state index < -0.39 is 26.5 Å². The number of unbranched alkanes of at least 4 members (excludes halogenated alkanes) is 17. The third kappa shape index (κ3) is 35.8. The molecule has 10 heteroatoms. The maximum absolute atomic E-state index is 12.5. The zero-order chi connectivity index (χ0) is 36.1. The lowest BCUT2D eigenvalue weighted by Crippen LogP contribution is -2.29. The summed E-state index contributed by atoms with van der Waals surface area (Å²) in [7, 11) is -4.37. The number of allylic oxidation sites excluding steroid dienone is 6. The zero-order valence-corrected chi connectivity index (χ0v) is 32.1. The van der Waals surface area contributed by atoms with Crippen LogP contribution in [-0.4, -0.2) is 49.3 Å². The number of hydrogen-bond acceptors (Lipinski definition) is 8. The van der Waals surface area contributed by atoms with Gasteiger partial charge in [-0.05, 0) is 51.4 Å². The van der Waals surface area contributed by atoms with Gasteiger partial charge >= 0.3 is 19.8 Å². The van der Waals surface area contributed by atoms with Crippen LogP contribution in [-0.2, 0) is 32.7 Å². The minimum atomic E-state index is -4.37. The summed E-state index contributed by atoms with van der Waals surface area (Å²) in [5, 5.41) is 0. The van der Waals surface area contributed by atoms with Gasteiger partial charge in [0, 0.05) is 19.4 Å². The van der Waals surface area contributed by atoms with Crippen molar-refractivity contribution >= 4 is 19.8 Å². The normalized spacial score (nSPS) is 13.8. The van der Waals surface area contributed by atoms with Crippen LogP contribution in [0.5, 0.6) is 0 Å². The molecule has 0 radical (unpaired) electrons. The van der Waals surface area contributed by atoms with Gasteiger partial charge in [0.15, 0.2) is 6.10 Å². The predicted octanol–water partition coefficient (Wildman–Crippen LogP) is 10.6. The number of hydrogen-bond donors (Lipinski definition) is 2. The Hall–Kier alpha value is -1.77. The third-order valence-electron chi connectivity index (χ3n) is 8.03. The van der Waals surface area contributed by atoms with Crippen LogP contribution in [0.2, 0.25) is 0 Å². The number of nitrogens with two attached hydrogens (primary N) is 1. The quantitative estimate of drug-likeness (QED) is 0.0281. The number of esters is 2. The molecular weight excluding hydrogens is 641 g/mol. The summed E-state index contributed by atoms with van der Waals surface area (Å²) < 4.78 is 32.6. The summed E-state index contributed by atoms with van der Waals surface area (Å²) in [6.45, 7) is 3.66. The van der Waals surface area contributed by atoms with E-state index in [-0.39, 0.29) is 38.6 Å². The molecular formula is C39H72NO8P. The molecule has 286 valence electrons.